The van der Waals surface area contributed by atoms with Gasteiger partial charge in [0.1, 0.15) is 24.1 Å². The van der Waals surface area contributed by atoms with Gasteiger partial charge in [-0.25, -0.2) is 4.39 Å². The van der Waals surface area contributed by atoms with E-state index in [2.05, 4.69) is 36.5 Å². The third kappa shape index (κ3) is 16.7. The summed E-state index contributed by atoms with van der Waals surface area (Å²) in [4.78, 5) is 67.0. The number of aliphatic carboxylic acids is 1. The molecule has 1 aliphatic carbocycles. The molecule has 60 heavy (non-hydrogen) atoms. The van der Waals surface area contributed by atoms with Gasteiger partial charge in [-0.15, -0.1) is 0 Å². The van der Waals surface area contributed by atoms with E-state index >= 15 is 0 Å². The van der Waals surface area contributed by atoms with Crippen LogP contribution in [-0.4, -0.2) is 92.4 Å². The van der Waals surface area contributed by atoms with Crippen molar-refractivity contribution < 1.29 is 33.5 Å². The van der Waals surface area contributed by atoms with Gasteiger partial charge in [0.25, 0.3) is 0 Å². The number of nitrogens with two attached hydrogens (primary N) is 4. The van der Waals surface area contributed by atoms with Crippen LogP contribution in [-0.2, 0) is 36.8 Å². The van der Waals surface area contributed by atoms with Gasteiger partial charge in [0.05, 0.1) is 30.4 Å². The van der Waals surface area contributed by atoms with Gasteiger partial charge in [0.2, 0.25) is 23.6 Å². The van der Waals surface area contributed by atoms with Crippen molar-refractivity contribution in [3.8, 4) is 0 Å². The molecular weight excluding hydrogens is 776 g/mol. The van der Waals surface area contributed by atoms with E-state index in [1.54, 1.807) is 31.5 Å². The van der Waals surface area contributed by atoms with Gasteiger partial charge in [-0.2, -0.15) is 15.0 Å². The van der Waals surface area contributed by atoms with Crippen molar-refractivity contribution in [2.45, 2.75) is 115 Å². The lowest BCUT2D eigenvalue weighted by Crippen LogP contribution is -2.56. The molecule has 328 valence electrons. The predicted octanol–water partition coefficient (Wildman–Crippen LogP) is 1.01. The van der Waals surface area contributed by atoms with Gasteiger partial charge in [0.15, 0.2) is 5.96 Å². The summed E-state index contributed by atoms with van der Waals surface area (Å²) >= 11 is 0. The number of carbonyl (C=O) groups excluding carboxylic acids is 4. The average Bonchev–Trinajstić information content (AvgIpc) is 3.77. The zero-order chi connectivity index (χ0) is 44.2. The van der Waals surface area contributed by atoms with Crippen LogP contribution in [0.15, 0.2) is 72.0 Å². The summed E-state index contributed by atoms with van der Waals surface area (Å²) in [5, 5.41) is 28.9. The highest BCUT2D eigenvalue weighted by atomic mass is 19.1. The molecule has 19 heteroatoms. The monoisotopic (exact) mass is 836 g/mol. The molecule has 4 amide bonds. The average molecular weight is 837 g/mol. The number of primary amides is 1. The van der Waals surface area contributed by atoms with Gasteiger partial charge in [-0.05, 0) is 74.6 Å². The number of rotatable bonds is 21. The fourth-order valence-corrected chi connectivity index (χ4v) is 6.54. The Morgan fingerprint density at radius 2 is 1.43 bits per heavy atom. The van der Waals surface area contributed by atoms with Crippen LogP contribution in [0.25, 0.3) is 0 Å². The van der Waals surface area contributed by atoms with Crippen molar-refractivity contribution in [3.63, 3.8) is 0 Å². The van der Waals surface area contributed by atoms with Crippen LogP contribution in [0.1, 0.15) is 83.0 Å². The van der Waals surface area contributed by atoms with Gasteiger partial charge in [0, 0.05) is 25.4 Å². The predicted molar refractivity (Wildman–Crippen MR) is 224 cm³/mol. The number of aromatic nitrogens is 3. The number of hydrogen-bond acceptors (Lipinski definition) is 10. The van der Waals surface area contributed by atoms with Crippen molar-refractivity contribution in [1.29, 1.82) is 0 Å². The molecule has 0 unspecified atom stereocenters. The summed E-state index contributed by atoms with van der Waals surface area (Å²) < 4.78 is 13.0. The second-order valence-electron chi connectivity index (χ2n) is 15.1. The molecule has 1 aliphatic rings. The standard InChI is InChI=1S/C25H39N7O5.C16H22FN5O/c1-15(30-18-11-9-17(10-12-18)24(36)37)22(34)31-19(8-5-13-29-25(27)28)23(35)32-20(21(26)33)14-16-6-3-2-4-7-16;1-3-11(2)15(18)16(23)21-14(22-19-8-9-20-22)10-12-4-6-13(17)7-5-12/h2-4,6-7,15,17-20,30H,5,8-14H2,1H3,(H2,26,33)(H,31,34)(H,32,35)(H,36,37)(H4,27,28,29);4-9,11,14-15H,3,10,18H2,1-2H3,(H,21,23)/t15-,17?,18?,19-,20-;11-,14-,15-/m00/s1. The highest BCUT2D eigenvalue weighted by Gasteiger charge is 2.30. The van der Waals surface area contributed by atoms with Crippen molar-refractivity contribution in [3.05, 3.63) is 83.9 Å². The maximum absolute atomic E-state index is 13.1. The molecular formula is C41H61FN12O6. The second-order valence-corrected chi connectivity index (χ2v) is 15.1. The van der Waals surface area contributed by atoms with Crippen LogP contribution < -0.4 is 44.2 Å². The second kappa shape index (κ2) is 24.9. The number of hydrogen-bond donors (Lipinski definition) is 9. The number of carboxylic acid groups (broad SMARTS) is 1. The summed E-state index contributed by atoms with van der Waals surface area (Å²) in [6.07, 6.45) is 7.13. The molecule has 0 bridgehead atoms. The fraction of sp³-hybridized carbons (Fsp3) is 0.512. The summed E-state index contributed by atoms with van der Waals surface area (Å²) in [7, 11) is 0. The molecule has 0 saturated heterocycles. The molecule has 1 fully saturated rings. The molecule has 4 rings (SSSR count). The topological polar surface area (TPSA) is 301 Å². The number of carboxylic acids is 1. The van der Waals surface area contributed by atoms with Gasteiger partial charge in [-0.3, -0.25) is 29.0 Å². The molecule has 3 aromatic rings. The number of guanidine groups is 1. The molecule has 0 aliphatic heterocycles. The molecule has 1 heterocycles. The first-order valence-corrected chi connectivity index (χ1v) is 20.2. The first kappa shape index (κ1) is 48.4. The minimum Gasteiger partial charge on any atom is -0.481 e. The highest BCUT2D eigenvalue weighted by Crippen LogP contribution is 2.24. The van der Waals surface area contributed by atoms with Crippen molar-refractivity contribution >= 4 is 35.6 Å². The molecule has 1 aromatic heterocycles. The van der Waals surface area contributed by atoms with E-state index < -0.39 is 48.1 Å². The third-order valence-electron chi connectivity index (χ3n) is 10.4. The number of aliphatic imine (C=N–C) groups is 1. The van der Waals surface area contributed by atoms with E-state index in [9.17, 15) is 33.5 Å². The van der Waals surface area contributed by atoms with E-state index in [-0.39, 0.29) is 60.9 Å². The van der Waals surface area contributed by atoms with E-state index in [4.69, 9.17) is 22.9 Å². The van der Waals surface area contributed by atoms with Crippen LogP contribution >= 0.6 is 0 Å². The lowest BCUT2D eigenvalue weighted by Gasteiger charge is -2.30. The summed E-state index contributed by atoms with van der Waals surface area (Å²) in [6.45, 7) is 5.88. The molecule has 6 atom stereocenters. The Morgan fingerprint density at radius 1 is 0.833 bits per heavy atom. The normalized spacial score (nSPS) is 17.8. The fourth-order valence-electron chi connectivity index (χ4n) is 6.54. The minimum atomic E-state index is -0.952. The minimum absolute atomic E-state index is 0.00982. The molecule has 0 spiro atoms. The number of nitrogens with one attached hydrogen (secondary N) is 4. The number of amides is 4. The van der Waals surface area contributed by atoms with Gasteiger partial charge >= 0.3 is 5.97 Å². The lowest BCUT2D eigenvalue weighted by atomic mass is 9.86. The number of nitrogens with zero attached hydrogens (tertiary/aromatic N) is 4. The maximum Gasteiger partial charge on any atom is 0.306 e. The van der Waals surface area contributed by atoms with Crippen molar-refractivity contribution in [2.75, 3.05) is 6.54 Å². The van der Waals surface area contributed by atoms with Crippen molar-refractivity contribution in [1.82, 2.24) is 36.3 Å². The Labute approximate surface area is 349 Å². The Hall–Kier alpha value is -5.95. The molecule has 13 N–H and O–H groups in total. The summed E-state index contributed by atoms with van der Waals surface area (Å²) in [5.41, 5.74) is 23.9. The Balaban J connectivity index is 0.000000357. The molecule has 1 saturated carbocycles. The molecule has 2 aromatic carbocycles. The van der Waals surface area contributed by atoms with E-state index in [1.165, 1.54) is 16.9 Å². The highest BCUT2D eigenvalue weighted by molar-refractivity contribution is 5.92. The number of carbonyl (C=O) groups is 5. The summed E-state index contributed by atoms with van der Waals surface area (Å²) in [6, 6.07) is 12.2. The third-order valence-corrected chi connectivity index (χ3v) is 10.4. The largest absolute Gasteiger partial charge is 0.481 e. The smallest absolute Gasteiger partial charge is 0.306 e. The first-order chi connectivity index (χ1) is 28.6. The summed E-state index contributed by atoms with van der Waals surface area (Å²) in [5.74, 6) is -3.30. The van der Waals surface area contributed by atoms with Gasteiger partial charge in [-0.1, -0.05) is 62.7 Å². The number of halogens is 1. The van der Waals surface area contributed by atoms with Crippen LogP contribution in [0.2, 0.25) is 0 Å². The quantitative estimate of drug-likeness (QED) is 0.0413. The van der Waals surface area contributed by atoms with Crippen molar-refractivity contribution in [2.24, 2.45) is 39.8 Å². The zero-order valence-corrected chi connectivity index (χ0v) is 34.5. The van der Waals surface area contributed by atoms with Crippen LogP contribution in [0.5, 0.6) is 0 Å². The lowest BCUT2D eigenvalue weighted by molar-refractivity contribution is -0.143. The Kier molecular flexibility index (Phi) is 20.1. The van der Waals surface area contributed by atoms with Crippen LogP contribution in [0.3, 0.4) is 0 Å². The SMILES string of the molecule is CC[C@H](C)[C@H](N)C(=O)N[C@H](Cc1ccc(F)cc1)n1nccn1.C[C@H](NC1CCC(C(=O)O)CC1)C(=O)N[C@@H](CCCN=C(N)N)C(=O)N[C@@H](Cc1ccccc1)C(N)=O. The van der Waals surface area contributed by atoms with E-state index in [0.29, 0.717) is 38.5 Å². The zero-order valence-electron chi connectivity index (χ0n) is 34.5. The van der Waals surface area contributed by atoms with E-state index in [0.717, 1.165) is 17.5 Å². The van der Waals surface area contributed by atoms with Gasteiger partial charge < -0.3 is 49.3 Å². The first-order valence-electron chi connectivity index (χ1n) is 20.2. The Morgan fingerprint density at radius 3 is 2.00 bits per heavy atom. The van der Waals surface area contributed by atoms with E-state index in [1.807, 2.05) is 44.2 Å². The molecule has 18 nitrogen and oxygen atoms in total. The Bertz CT molecular complexity index is 1820. The van der Waals surface area contributed by atoms with Crippen LogP contribution in [0, 0.1) is 17.7 Å². The maximum atomic E-state index is 13.1. The van der Waals surface area contributed by atoms with Crippen LogP contribution in [0.4, 0.5) is 4.39 Å². The number of benzene rings is 2. The molecule has 0 radical (unpaired) electrons.